The number of amides is 1. The van der Waals surface area contributed by atoms with Crippen LogP contribution < -0.4 is 5.32 Å². The van der Waals surface area contributed by atoms with E-state index in [1.165, 1.54) is 27.8 Å². The largest absolute Gasteiger partial charge is 0.317 e. The van der Waals surface area contributed by atoms with Gasteiger partial charge in [-0.15, -0.1) is 23.1 Å². The number of benzene rings is 1. The second kappa shape index (κ2) is 10.0. The van der Waals surface area contributed by atoms with E-state index in [0.29, 0.717) is 39.2 Å². The molecule has 7 heteroatoms. The molecule has 2 heterocycles. The lowest BCUT2D eigenvalue weighted by Gasteiger charge is -2.22. The van der Waals surface area contributed by atoms with Crippen LogP contribution in [0.3, 0.4) is 0 Å². The number of carbonyl (C=O) groups is 1. The van der Waals surface area contributed by atoms with Crippen LogP contribution in [0.2, 0.25) is 0 Å². The van der Waals surface area contributed by atoms with Crippen LogP contribution >= 0.6 is 23.1 Å². The molecule has 3 aromatic rings. The van der Waals surface area contributed by atoms with Gasteiger partial charge >= 0.3 is 0 Å². The summed E-state index contributed by atoms with van der Waals surface area (Å²) in [5.41, 5.74) is 5.92. The third-order valence-corrected chi connectivity index (χ3v) is 8.77. The number of pyridine rings is 1. The first-order valence-electron chi connectivity index (χ1n) is 11.6. The van der Waals surface area contributed by atoms with Crippen molar-refractivity contribution in [3.63, 3.8) is 0 Å². The number of hydrogen-bond acceptors (Lipinski definition) is 6. The molecule has 2 aliphatic rings. The van der Waals surface area contributed by atoms with Crippen molar-refractivity contribution in [2.45, 2.75) is 55.9 Å². The van der Waals surface area contributed by atoms with Gasteiger partial charge in [-0.3, -0.25) is 4.79 Å². The Bertz CT molecular complexity index is 1320. The van der Waals surface area contributed by atoms with Gasteiger partial charge in [-0.2, -0.15) is 10.5 Å². The standard InChI is InChI=1S/C27H24N4OS2/c28-15-20-13-19-7-4-8-23(19)30-26(20)33-12-11-25(32)31-27-22(16-29)21-10-9-18(14-24(21)34-27)17-5-2-1-3-6-17/h1-3,5-6,13,18H,4,7-12,14H2,(H,31,32). The van der Waals surface area contributed by atoms with Crippen LogP contribution in [-0.2, 0) is 30.5 Å². The van der Waals surface area contributed by atoms with Crippen molar-refractivity contribution in [2.75, 3.05) is 11.1 Å². The minimum absolute atomic E-state index is 0.109. The summed E-state index contributed by atoms with van der Waals surface area (Å²) in [7, 11) is 0. The lowest BCUT2D eigenvalue weighted by Crippen LogP contribution is -2.13. The molecular formula is C27H24N4OS2. The van der Waals surface area contributed by atoms with Gasteiger partial charge in [0.1, 0.15) is 22.2 Å². The first-order valence-corrected chi connectivity index (χ1v) is 13.4. The number of anilines is 1. The Kier molecular flexibility index (Phi) is 6.67. The zero-order valence-corrected chi connectivity index (χ0v) is 20.4. The highest BCUT2D eigenvalue weighted by Gasteiger charge is 2.27. The van der Waals surface area contributed by atoms with E-state index in [1.54, 1.807) is 11.3 Å². The number of thioether (sulfide) groups is 1. The monoisotopic (exact) mass is 484 g/mol. The summed E-state index contributed by atoms with van der Waals surface area (Å²) in [5, 5.41) is 23.6. The quantitative estimate of drug-likeness (QED) is 0.449. The highest BCUT2D eigenvalue weighted by molar-refractivity contribution is 7.99. The molecule has 0 radical (unpaired) electrons. The molecule has 0 spiro atoms. The molecule has 0 aliphatic heterocycles. The molecule has 2 aromatic heterocycles. The molecule has 5 rings (SSSR count). The highest BCUT2D eigenvalue weighted by Crippen LogP contribution is 2.42. The molecule has 0 saturated carbocycles. The maximum atomic E-state index is 12.7. The fourth-order valence-corrected chi connectivity index (χ4v) is 7.08. The molecule has 170 valence electrons. The van der Waals surface area contributed by atoms with Crippen LogP contribution in [0.4, 0.5) is 5.00 Å². The van der Waals surface area contributed by atoms with Crippen LogP contribution in [0.5, 0.6) is 0 Å². The average molecular weight is 485 g/mol. The Morgan fingerprint density at radius 2 is 2.03 bits per heavy atom. The van der Waals surface area contributed by atoms with E-state index in [9.17, 15) is 15.3 Å². The van der Waals surface area contributed by atoms with Crippen molar-refractivity contribution in [3.05, 3.63) is 74.8 Å². The molecule has 0 saturated heterocycles. The lowest BCUT2D eigenvalue weighted by molar-refractivity contribution is -0.115. The van der Waals surface area contributed by atoms with Crippen molar-refractivity contribution in [1.82, 2.24) is 4.98 Å². The number of aryl methyl sites for hydroxylation is 2. The van der Waals surface area contributed by atoms with Gasteiger partial charge in [0.25, 0.3) is 0 Å². The Hall–Kier alpha value is -3.13. The van der Waals surface area contributed by atoms with E-state index < -0.39 is 0 Å². The first kappa shape index (κ1) is 22.7. The van der Waals surface area contributed by atoms with Gasteiger partial charge in [-0.1, -0.05) is 30.3 Å². The summed E-state index contributed by atoms with van der Waals surface area (Å²) in [4.78, 5) is 18.6. The molecule has 0 bridgehead atoms. The minimum atomic E-state index is -0.109. The molecule has 1 atom stereocenters. The normalized spacial score (nSPS) is 16.2. The SMILES string of the molecule is N#Cc1cc2c(nc1SCCC(=O)Nc1sc3c(c1C#N)CCC(c1ccccc1)C3)CCC2. The number of nitrogens with zero attached hydrogens (tertiary/aromatic N) is 3. The Labute approximate surface area is 207 Å². The summed E-state index contributed by atoms with van der Waals surface area (Å²) in [6.45, 7) is 0. The van der Waals surface area contributed by atoms with Gasteiger partial charge in [0.15, 0.2) is 0 Å². The summed E-state index contributed by atoms with van der Waals surface area (Å²) in [6.07, 6.45) is 6.12. The Morgan fingerprint density at radius 3 is 2.82 bits per heavy atom. The molecule has 1 aromatic carbocycles. The van der Waals surface area contributed by atoms with Gasteiger partial charge < -0.3 is 5.32 Å². The zero-order chi connectivity index (χ0) is 23.5. The average Bonchev–Trinajstić information content (AvgIpc) is 3.46. The molecule has 34 heavy (non-hydrogen) atoms. The third kappa shape index (κ3) is 4.59. The van der Waals surface area contributed by atoms with Crippen LogP contribution in [0.15, 0.2) is 41.4 Å². The van der Waals surface area contributed by atoms with Gasteiger partial charge in [-0.25, -0.2) is 4.98 Å². The Balaban J connectivity index is 1.23. The number of hydrogen-bond donors (Lipinski definition) is 1. The fourth-order valence-electron chi connectivity index (χ4n) is 4.87. The molecule has 1 unspecified atom stereocenters. The predicted molar refractivity (Wildman–Crippen MR) is 135 cm³/mol. The topological polar surface area (TPSA) is 89.6 Å². The molecule has 2 aliphatic carbocycles. The first-order chi connectivity index (χ1) is 16.7. The van der Waals surface area contributed by atoms with Crippen molar-refractivity contribution in [2.24, 2.45) is 0 Å². The summed E-state index contributed by atoms with van der Waals surface area (Å²) in [6, 6.07) is 17.0. The molecule has 5 nitrogen and oxygen atoms in total. The predicted octanol–water partition coefficient (Wildman–Crippen LogP) is 5.77. The van der Waals surface area contributed by atoms with Crippen molar-refractivity contribution >= 4 is 34.0 Å². The van der Waals surface area contributed by atoms with E-state index in [-0.39, 0.29) is 5.91 Å². The van der Waals surface area contributed by atoms with E-state index in [4.69, 9.17) is 0 Å². The molecule has 1 N–H and O–H groups in total. The van der Waals surface area contributed by atoms with Gasteiger partial charge in [0.2, 0.25) is 5.91 Å². The zero-order valence-electron chi connectivity index (χ0n) is 18.8. The Morgan fingerprint density at radius 1 is 1.18 bits per heavy atom. The maximum absolute atomic E-state index is 12.7. The number of fused-ring (bicyclic) bond motifs is 2. The third-order valence-electron chi connectivity index (χ3n) is 6.61. The van der Waals surface area contributed by atoms with E-state index in [1.807, 2.05) is 12.1 Å². The van der Waals surface area contributed by atoms with E-state index in [0.717, 1.165) is 49.8 Å². The number of carbonyl (C=O) groups excluding carboxylic acids is 1. The van der Waals surface area contributed by atoms with Crippen molar-refractivity contribution in [1.29, 1.82) is 10.5 Å². The molecular weight excluding hydrogens is 460 g/mol. The highest BCUT2D eigenvalue weighted by atomic mass is 32.2. The molecule has 1 amide bonds. The van der Waals surface area contributed by atoms with Gasteiger partial charge in [-0.05, 0) is 67.2 Å². The summed E-state index contributed by atoms with van der Waals surface area (Å²) in [5.74, 6) is 0.880. The summed E-state index contributed by atoms with van der Waals surface area (Å²) < 4.78 is 0. The smallest absolute Gasteiger partial charge is 0.225 e. The maximum Gasteiger partial charge on any atom is 0.225 e. The van der Waals surface area contributed by atoms with Crippen molar-refractivity contribution < 1.29 is 4.79 Å². The van der Waals surface area contributed by atoms with Crippen LogP contribution in [-0.4, -0.2) is 16.6 Å². The number of aromatic nitrogens is 1. The van der Waals surface area contributed by atoms with Crippen LogP contribution in [0.25, 0.3) is 0 Å². The molecule has 0 fully saturated rings. The number of thiophene rings is 1. The second-order valence-electron chi connectivity index (χ2n) is 8.73. The fraction of sp³-hybridized carbons (Fsp3) is 0.333. The minimum Gasteiger partial charge on any atom is -0.317 e. The van der Waals surface area contributed by atoms with Gasteiger partial charge in [0, 0.05) is 22.7 Å². The number of nitrogens with one attached hydrogen (secondary N) is 1. The van der Waals surface area contributed by atoms with Crippen LogP contribution in [0.1, 0.15) is 63.6 Å². The van der Waals surface area contributed by atoms with Crippen LogP contribution in [0, 0.1) is 22.7 Å². The van der Waals surface area contributed by atoms with E-state index >= 15 is 0 Å². The lowest BCUT2D eigenvalue weighted by atomic mass is 9.83. The number of rotatable bonds is 6. The van der Waals surface area contributed by atoms with Gasteiger partial charge in [0.05, 0.1) is 11.1 Å². The van der Waals surface area contributed by atoms with E-state index in [2.05, 4.69) is 46.7 Å². The van der Waals surface area contributed by atoms with Crippen molar-refractivity contribution in [3.8, 4) is 12.1 Å². The second-order valence-corrected chi connectivity index (χ2v) is 10.9. The summed E-state index contributed by atoms with van der Waals surface area (Å²) >= 11 is 3.00. The number of nitriles is 2.